The van der Waals surface area contributed by atoms with E-state index in [1.807, 2.05) is 36.6 Å². The van der Waals surface area contributed by atoms with Crippen LogP contribution in [0.5, 0.6) is 5.75 Å². The Kier molecular flexibility index (Phi) is 3.37. The van der Waals surface area contributed by atoms with Gasteiger partial charge in [-0.3, -0.25) is 4.79 Å². The number of carbonyl (C=O) groups is 1. The van der Waals surface area contributed by atoms with Crippen LogP contribution in [0.25, 0.3) is 0 Å². The summed E-state index contributed by atoms with van der Waals surface area (Å²) in [4.78, 5) is 11.8. The molecule has 1 unspecified atom stereocenters. The van der Waals surface area contributed by atoms with Crippen molar-refractivity contribution in [3.8, 4) is 5.75 Å². The fourth-order valence-electron chi connectivity index (χ4n) is 1.45. The molecular formula is C13H12O2S. The molecule has 0 aliphatic heterocycles. The van der Waals surface area contributed by atoms with Crippen molar-refractivity contribution in [1.82, 2.24) is 0 Å². The van der Waals surface area contributed by atoms with Gasteiger partial charge in [0.1, 0.15) is 18.1 Å². The molecule has 0 aliphatic carbocycles. The number of hydrogen-bond acceptors (Lipinski definition) is 3. The number of thiophene rings is 1. The summed E-state index contributed by atoms with van der Waals surface area (Å²) in [7, 11) is 0. The van der Waals surface area contributed by atoms with E-state index in [1.54, 1.807) is 23.5 Å². The monoisotopic (exact) mass is 232 g/mol. The van der Waals surface area contributed by atoms with Crippen LogP contribution in [0.2, 0.25) is 0 Å². The molecule has 82 valence electrons. The van der Waals surface area contributed by atoms with Crippen LogP contribution in [0.3, 0.4) is 0 Å². The number of hydrogen-bond donors (Lipinski definition) is 0. The lowest BCUT2D eigenvalue weighted by atomic mass is 10.2. The first-order chi connectivity index (χ1) is 7.79. The van der Waals surface area contributed by atoms with Crippen LogP contribution in [-0.2, 0) is 0 Å². The highest BCUT2D eigenvalue weighted by molar-refractivity contribution is 7.10. The van der Waals surface area contributed by atoms with E-state index < -0.39 is 0 Å². The van der Waals surface area contributed by atoms with Crippen molar-refractivity contribution >= 4 is 17.6 Å². The maximum atomic E-state index is 10.6. The number of aldehydes is 1. The Balaban J connectivity index is 2.11. The molecule has 0 saturated heterocycles. The average Bonchev–Trinajstić information content (AvgIpc) is 2.83. The van der Waals surface area contributed by atoms with Gasteiger partial charge in [-0.15, -0.1) is 11.3 Å². The Bertz CT molecular complexity index is 463. The molecule has 2 aromatic rings. The van der Waals surface area contributed by atoms with Crippen LogP contribution in [0.1, 0.15) is 28.3 Å². The maximum absolute atomic E-state index is 10.6. The highest BCUT2D eigenvalue weighted by atomic mass is 32.1. The molecule has 0 radical (unpaired) electrons. The van der Waals surface area contributed by atoms with Gasteiger partial charge in [-0.05, 0) is 30.5 Å². The SMILES string of the molecule is CC(Oc1cccc(C=O)c1)c1cccs1. The third kappa shape index (κ3) is 2.49. The lowest BCUT2D eigenvalue weighted by molar-refractivity contribution is 0.112. The molecule has 0 saturated carbocycles. The molecule has 16 heavy (non-hydrogen) atoms. The minimum Gasteiger partial charge on any atom is -0.485 e. The summed E-state index contributed by atoms with van der Waals surface area (Å²) in [6, 6.07) is 11.2. The topological polar surface area (TPSA) is 26.3 Å². The van der Waals surface area contributed by atoms with Crippen LogP contribution >= 0.6 is 11.3 Å². The Morgan fingerprint density at radius 2 is 2.19 bits per heavy atom. The predicted octanol–water partition coefficient (Wildman–Crippen LogP) is 3.70. The second-order valence-corrected chi connectivity index (χ2v) is 4.45. The van der Waals surface area contributed by atoms with E-state index in [1.165, 1.54) is 4.88 Å². The lowest BCUT2D eigenvalue weighted by Gasteiger charge is -2.13. The van der Waals surface area contributed by atoms with E-state index in [0.29, 0.717) is 5.56 Å². The number of ether oxygens (including phenoxy) is 1. The zero-order valence-electron chi connectivity index (χ0n) is 8.92. The molecule has 0 amide bonds. The van der Waals surface area contributed by atoms with Crippen molar-refractivity contribution in [2.75, 3.05) is 0 Å². The van der Waals surface area contributed by atoms with Gasteiger partial charge in [0.15, 0.2) is 0 Å². The van der Waals surface area contributed by atoms with Gasteiger partial charge in [-0.25, -0.2) is 0 Å². The van der Waals surface area contributed by atoms with Gasteiger partial charge in [0, 0.05) is 10.4 Å². The highest BCUT2D eigenvalue weighted by Gasteiger charge is 2.07. The van der Waals surface area contributed by atoms with Gasteiger partial charge in [0.05, 0.1) is 0 Å². The number of rotatable bonds is 4. The molecule has 2 nitrogen and oxygen atoms in total. The van der Waals surface area contributed by atoms with E-state index in [4.69, 9.17) is 4.74 Å². The van der Waals surface area contributed by atoms with Gasteiger partial charge in [0.25, 0.3) is 0 Å². The Morgan fingerprint density at radius 3 is 2.88 bits per heavy atom. The quantitative estimate of drug-likeness (QED) is 0.751. The largest absolute Gasteiger partial charge is 0.485 e. The first-order valence-corrected chi connectivity index (χ1v) is 5.93. The van der Waals surface area contributed by atoms with E-state index >= 15 is 0 Å². The molecular weight excluding hydrogens is 220 g/mol. The Morgan fingerprint density at radius 1 is 1.31 bits per heavy atom. The Hall–Kier alpha value is -1.61. The summed E-state index contributed by atoms with van der Waals surface area (Å²) in [5.41, 5.74) is 0.635. The molecule has 0 spiro atoms. The standard InChI is InChI=1S/C13H12O2S/c1-10(13-6-3-7-16-13)15-12-5-2-4-11(8-12)9-14/h2-10H,1H3. The smallest absolute Gasteiger partial charge is 0.150 e. The Labute approximate surface area is 98.5 Å². The molecule has 0 fully saturated rings. The zero-order valence-corrected chi connectivity index (χ0v) is 9.74. The van der Waals surface area contributed by atoms with Gasteiger partial charge < -0.3 is 4.74 Å². The molecule has 1 atom stereocenters. The average molecular weight is 232 g/mol. The van der Waals surface area contributed by atoms with Crippen LogP contribution in [-0.4, -0.2) is 6.29 Å². The fourth-order valence-corrected chi connectivity index (χ4v) is 2.16. The lowest BCUT2D eigenvalue weighted by Crippen LogP contribution is -2.00. The van der Waals surface area contributed by atoms with Gasteiger partial charge in [-0.2, -0.15) is 0 Å². The van der Waals surface area contributed by atoms with E-state index in [-0.39, 0.29) is 6.10 Å². The normalized spacial score (nSPS) is 12.1. The molecule has 1 aromatic heterocycles. The highest BCUT2D eigenvalue weighted by Crippen LogP contribution is 2.25. The van der Waals surface area contributed by atoms with Crippen LogP contribution in [0.4, 0.5) is 0 Å². The molecule has 1 aromatic carbocycles. The van der Waals surface area contributed by atoms with Crippen molar-refractivity contribution in [3.63, 3.8) is 0 Å². The second-order valence-electron chi connectivity index (χ2n) is 3.47. The minimum atomic E-state index is 0.0157. The van der Waals surface area contributed by atoms with Crippen molar-refractivity contribution in [1.29, 1.82) is 0 Å². The molecule has 1 heterocycles. The number of benzene rings is 1. The summed E-state index contributed by atoms with van der Waals surface area (Å²) < 4.78 is 5.75. The van der Waals surface area contributed by atoms with E-state index in [2.05, 4.69) is 0 Å². The molecule has 0 bridgehead atoms. The van der Waals surface area contributed by atoms with E-state index in [9.17, 15) is 4.79 Å². The third-order valence-electron chi connectivity index (χ3n) is 2.25. The van der Waals surface area contributed by atoms with Crippen molar-refractivity contribution in [3.05, 3.63) is 52.2 Å². The van der Waals surface area contributed by atoms with Crippen LogP contribution < -0.4 is 4.74 Å². The van der Waals surface area contributed by atoms with Gasteiger partial charge >= 0.3 is 0 Å². The summed E-state index contributed by atoms with van der Waals surface area (Å²) >= 11 is 1.67. The maximum Gasteiger partial charge on any atom is 0.150 e. The molecule has 0 aliphatic rings. The van der Waals surface area contributed by atoms with Gasteiger partial charge in [-0.1, -0.05) is 18.2 Å². The summed E-state index contributed by atoms with van der Waals surface area (Å²) in [6.07, 6.45) is 0.838. The molecule has 0 N–H and O–H groups in total. The first-order valence-electron chi connectivity index (χ1n) is 5.05. The minimum absolute atomic E-state index is 0.0157. The van der Waals surface area contributed by atoms with Crippen molar-refractivity contribution in [2.45, 2.75) is 13.0 Å². The second kappa shape index (κ2) is 4.94. The van der Waals surface area contributed by atoms with Crippen LogP contribution in [0, 0.1) is 0 Å². The summed E-state index contributed by atoms with van der Waals surface area (Å²) in [6.45, 7) is 2.00. The predicted molar refractivity (Wildman–Crippen MR) is 65.2 cm³/mol. The fraction of sp³-hybridized carbons (Fsp3) is 0.154. The van der Waals surface area contributed by atoms with Crippen LogP contribution in [0.15, 0.2) is 41.8 Å². The van der Waals surface area contributed by atoms with E-state index in [0.717, 1.165) is 12.0 Å². The number of carbonyl (C=O) groups excluding carboxylic acids is 1. The molecule has 3 heteroatoms. The molecule has 2 rings (SSSR count). The first kappa shape index (κ1) is 10.9. The van der Waals surface area contributed by atoms with Crippen molar-refractivity contribution < 1.29 is 9.53 Å². The third-order valence-corrected chi connectivity index (χ3v) is 3.28. The zero-order chi connectivity index (χ0) is 11.4. The summed E-state index contributed by atoms with van der Waals surface area (Å²) in [5.74, 6) is 0.727. The van der Waals surface area contributed by atoms with Crippen molar-refractivity contribution in [2.24, 2.45) is 0 Å². The summed E-state index contributed by atoms with van der Waals surface area (Å²) in [5, 5.41) is 2.02. The van der Waals surface area contributed by atoms with Gasteiger partial charge in [0.2, 0.25) is 0 Å².